The summed E-state index contributed by atoms with van der Waals surface area (Å²) < 4.78 is 23.7. The molecule has 2 aromatic carbocycles. The molecular formula is C34H36N4O5. The normalized spacial score (nSPS) is 18.0. The third-order valence-corrected chi connectivity index (χ3v) is 8.42. The number of aromatic nitrogens is 1. The van der Waals surface area contributed by atoms with Crippen LogP contribution in [-0.4, -0.2) is 79.8 Å². The van der Waals surface area contributed by atoms with Gasteiger partial charge < -0.3 is 28.4 Å². The second kappa shape index (κ2) is 12.5. The van der Waals surface area contributed by atoms with Crippen molar-refractivity contribution in [3.05, 3.63) is 65.9 Å². The molecule has 0 saturated carbocycles. The molecule has 0 unspecified atom stereocenters. The predicted molar refractivity (Wildman–Crippen MR) is 163 cm³/mol. The average molecular weight is 581 g/mol. The van der Waals surface area contributed by atoms with Crippen molar-refractivity contribution in [1.29, 1.82) is 5.26 Å². The fourth-order valence-corrected chi connectivity index (χ4v) is 5.98. The van der Waals surface area contributed by atoms with Gasteiger partial charge in [0.05, 0.1) is 31.5 Å². The first kappa shape index (κ1) is 28.7. The van der Waals surface area contributed by atoms with Crippen LogP contribution in [0.2, 0.25) is 0 Å². The monoisotopic (exact) mass is 580 g/mol. The highest BCUT2D eigenvalue weighted by molar-refractivity contribution is 5.97. The number of hydrogen-bond acceptors (Lipinski definition) is 8. The van der Waals surface area contributed by atoms with Crippen LogP contribution in [0.1, 0.15) is 42.1 Å². The highest BCUT2D eigenvalue weighted by Crippen LogP contribution is 2.39. The van der Waals surface area contributed by atoms with Crippen LogP contribution in [0, 0.1) is 11.3 Å². The lowest BCUT2D eigenvalue weighted by molar-refractivity contribution is 0.0254. The van der Waals surface area contributed by atoms with Gasteiger partial charge in [-0.3, -0.25) is 9.78 Å². The summed E-state index contributed by atoms with van der Waals surface area (Å²) in [6.07, 6.45) is 4.29. The number of fused-ring (bicyclic) bond motifs is 1. The Morgan fingerprint density at radius 2 is 1.91 bits per heavy atom. The Hall–Kier alpha value is -4.39. The molecular weight excluding hydrogens is 544 g/mol. The van der Waals surface area contributed by atoms with Crippen LogP contribution in [0.15, 0.2) is 59.1 Å². The minimum Gasteiger partial charge on any atom is -0.496 e. The maximum absolute atomic E-state index is 13.5. The minimum atomic E-state index is 0.0101. The predicted octanol–water partition coefficient (Wildman–Crippen LogP) is 5.77. The Balaban J connectivity index is 1.30. The van der Waals surface area contributed by atoms with E-state index < -0.39 is 0 Å². The maximum atomic E-state index is 13.5. The van der Waals surface area contributed by atoms with Crippen molar-refractivity contribution in [2.75, 3.05) is 47.0 Å². The molecule has 2 aromatic heterocycles. The molecule has 0 bridgehead atoms. The molecule has 0 aliphatic carbocycles. The third-order valence-electron chi connectivity index (χ3n) is 8.42. The zero-order chi connectivity index (χ0) is 29.9. The van der Waals surface area contributed by atoms with Gasteiger partial charge >= 0.3 is 0 Å². The summed E-state index contributed by atoms with van der Waals surface area (Å²) in [5, 5.41) is 9.89. The SMILES string of the molecule is CC[C@@H]1CN(C)CCN1C(=O)c1ccc(-c2cc3nccc(-c4ccc(OC5CCOCC5)c(C#N)c4)c3o2)c(OC)c1. The summed E-state index contributed by atoms with van der Waals surface area (Å²) in [5.74, 6) is 1.72. The minimum absolute atomic E-state index is 0.0101. The highest BCUT2D eigenvalue weighted by Gasteiger charge is 2.29. The second-order valence-electron chi connectivity index (χ2n) is 11.2. The number of ether oxygens (including phenoxy) is 3. The van der Waals surface area contributed by atoms with Crippen molar-refractivity contribution in [2.45, 2.75) is 38.3 Å². The zero-order valence-corrected chi connectivity index (χ0v) is 24.8. The molecule has 43 heavy (non-hydrogen) atoms. The molecule has 2 aliphatic heterocycles. The van der Waals surface area contributed by atoms with Crippen molar-refractivity contribution in [2.24, 2.45) is 0 Å². The van der Waals surface area contributed by atoms with Crippen LogP contribution in [0.3, 0.4) is 0 Å². The van der Waals surface area contributed by atoms with E-state index in [1.54, 1.807) is 19.4 Å². The number of nitrogens with zero attached hydrogens (tertiary/aromatic N) is 4. The van der Waals surface area contributed by atoms with Gasteiger partial charge in [-0.25, -0.2) is 0 Å². The summed E-state index contributed by atoms with van der Waals surface area (Å²) in [6.45, 7) is 5.88. The van der Waals surface area contributed by atoms with Crippen molar-refractivity contribution in [3.8, 4) is 40.0 Å². The Kier molecular flexibility index (Phi) is 8.32. The largest absolute Gasteiger partial charge is 0.496 e. The van der Waals surface area contributed by atoms with Gasteiger partial charge in [0.1, 0.15) is 34.9 Å². The molecule has 9 heteroatoms. The van der Waals surface area contributed by atoms with Crippen LogP contribution in [0.5, 0.6) is 11.5 Å². The number of furan rings is 1. The van der Waals surface area contributed by atoms with Crippen LogP contribution >= 0.6 is 0 Å². The second-order valence-corrected chi connectivity index (χ2v) is 11.2. The smallest absolute Gasteiger partial charge is 0.254 e. The molecule has 2 fully saturated rings. The highest BCUT2D eigenvalue weighted by atomic mass is 16.5. The Morgan fingerprint density at radius 1 is 1.07 bits per heavy atom. The van der Waals surface area contributed by atoms with Gasteiger partial charge in [-0.15, -0.1) is 0 Å². The van der Waals surface area contributed by atoms with E-state index in [-0.39, 0.29) is 18.1 Å². The number of nitriles is 1. The topological polar surface area (TPSA) is 101 Å². The van der Waals surface area contributed by atoms with E-state index in [1.165, 1.54) is 0 Å². The molecule has 222 valence electrons. The molecule has 1 atom stereocenters. The maximum Gasteiger partial charge on any atom is 0.254 e. The molecule has 6 rings (SSSR count). The number of carbonyl (C=O) groups is 1. The van der Waals surface area contributed by atoms with Gasteiger partial charge in [0.25, 0.3) is 5.91 Å². The van der Waals surface area contributed by atoms with Gasteiger partial charge in [0.15, 0.2) is 5.58 Å². The van der Waals surface area contributed by atoms with Crippen molar-refractivity contribution >= 4 is 17.0 Å². The standard InChI is InChI=1S/C34H36N4O5/c1-4-25-21-37(2)13-14-38(25)34(39)23-5-7-28(31(18-23)40-3)32-19-29-33(43-32)27(9-12-36-29)22-6-8-30(24(17-22)20-35)42-26-10-15-41-16-11-26/h5-9,12,17-19,25-26H,4,10-11,13-16,21H2,1-3H3/t25-/m1/s1. The van der Waals surface area contributed by atoms with E-state index in [1.807, 2.05) is 47.4 Å². The van der Waals surface area contributed by atoms with E-state index >= 15 is 0 Å². The Morgan fingerprint density at radius 3 is 2.67 bits per heavy atom. The van der Waals surface area contributed by atoms with Crippen LogP contribution in [-0.2, 0) is 4.74 Å². The van der Waals surface area contributed by atoms with Crippen LogP contribution in [0.25, 0.3) is 33.6 Å². The Labute approximate surface area is 251 Å². The number of benzene rings is 2. The number of hydrogen-bond donors (Lipinski definition) is 0. The first-order chi connectivity index (χ1) is 21.0. The lowest BCUT2D eigenvalue weighted by Gasteiger charge is -2.39. The van der Waals surface area contributed by atoms with Gasteiger partial charge in [0, 0.05) is 61.9 Å². The molecule has 2 saturated heterocycles. The number of piperazine rings is 1. The first-order valence-corrected chi connectivity index (χ1v) is 14.8. The molecule has 0 spiro atoms. The molecule has 2 aliphatic rings. The van der Waals surface area contributed by atoms with E-state index in [0.717, 1.165) is 49.0 Å². The van der Waals surface area contributed by atoms with Gasteiger partial charge in [-0.05, 0) is 55.4 Å². The quantitative estimate of drug-likeness (QED) is 0.272. The fraction of sp³-hybridized carbons (Fsp3) is 0.382. The number of methoxy groups -OCH3 is 1. The fourth-order valence-electron chi connectivity index (χ4n) is 5.98. The molecule has 4 aromatic rings. The van der Waals surface area contributed by atoms with E-state index in [0.29, 0.717) is 59.2 Å². The van der Waals surface area contributed by atoms with Crippen molar-refractivity contribution < 1.29 is 23.4 Å². The number of likely N-dealkylation sites (N-methyl/N-ethyl adjacent to an activating group) is 1. The number of amides is 1. The van der Waals surface area contributed by atoms with Gasteiger partial charge in [-0.2, -0.15) is 5.26 Å². The van der Waals surface area contributed by atoms with Crippen molar-refractivity contribution in [1.82, 2.24) is 14.8 Å². The number of rotatable bonds is 7. The zero-order valence-electron chi connectivity index (χ0n) is 24.8. The molecule has 0 radical (unpaired) electrons. The number of carbonyl (C=O) groups excluding carboxylic acids is 1. The molecule has 0 N–H and O–H groups in total. The lowest BCUT2D eigenvalue weighted by Crippen LogP contribution is -2.53. The van der Waals surface area contributed by atoms with Gasteiger partial charge in [-0.1, -0.05) is 13.0 Å². The molecule has 9 nitrogen and oxygen atoms in total. The summed E-state index contributed by atoms with van der Waals surface area (Å²) in [4.78, 5) is 22.3. The third kappa shape index (κ3) is 5.81. The summed E-state index contributed by atoms with van der Waals surface area (Å²) in [7, 11) is 3.69. The average Bonchev–Trinajstić information content (AvgIpc) is 3.49. The number of pyridine rings is 1. The van der Waals surface area contributed by atoms with Crippen LogP contribution < -0.4 is 9.47 Å². The van der Waals surface area contributed by atoms with Crippen molar-refractivity contribution in [3.63, 3.8) is 0 Å². The van der Waals surface area contributed by atoms with E-state index in [9.17, 15) is 10.1 Å². The summed E-state index contributed by atoms with van der Waals surface area (Å²) >= 11 is 0. The first-order valence-electron chi connectivity index (χ1n) is 14.8. The van der Waals surface area contributed by atoms with E-state index in [2.05, 4.69) is 29.9 Å². The lowest BCUT2D eigenvalue weighted by atomic mass is 10.0. The molecule has 1 amide bonds. The van der Waals surface area contributed by atoms with E-state index in [4.69, 9.17) is 18.6 Å². The van der Waals surface area contributed by atoms with Gasteiger partial charge in [0.2, 0.25) is 0 Å². The Bertz CT molecular complexity index is 1670. The summed E-state index contributed by atoms with van der Waals surface area (Å²) in [5.41, 5.74) is 4.71. The van der Waals surface area contributed by atoms with Crippen LogP contribution in [0.4, 0.5) is 0 Å². The molecule has 4 heterocycles. The summed E-state index contributed by atoms with van der Waals surface area (Å²) in [6, 6.07) is 17.3.